The Labute approximate surface area is 72.6 Å². The van der Waals surface area contributed by atoms with Crippen molar-refractivity contribution in [1.82, 2.24) is 20.5 Å². The van der Waals surface area contributed by atoms with Crippen LogP contribution in [0.2, 0.25) is 0 Å². The average Bonchev–Trinajstić information content (AvgIpc) is 2.55. The molecule has 1 aromatic heterocycles. The molecule has 0 fully saturated rings. The summed E-state index contributed by atoms with van der Waals surface area (Å²) in [5.74, 6) is -0.766. The van der Waals surface area contributed by atoms with Crippen molar-refractivity contribution in [2.45, 2.75) is 19.4 Å². The quantitative estimate of drug-likeness (QED) is 0.714. The van der Waals surface area contributed by atoms with Crippen molar-refractivity contribution in [3.63, 3.8) is 0 Å². The van der Waals surface area contributed by atoms with E-state index in [9.17, 15) is 13.6 Å². The number of carbonyl (C=O) groups excluding carboxylic acids is 1. The van der Waals surface area contributed by atoms with Gasteiger partial charge in [0.25, 0.3) is 12.3 Å². The Morgan fingerprint density at radius 3 is 2.85 bits per heavy atom. The van der Waals surface area contributed by atoms with E-state index in [2.05, 4.69) is 20.5 Å². The molecule has 0 aliphatic carbocycles. The number of aromatic nitrogens is 3. The van der Waals surface area contributed by atoms with Crippen molar-refractivity contribution in [3.8, 4) is 0 Å². The maximum Gasteiger partial charge on any atom is 0.289 e. The van der Waals surface area contributed by atoms with Gasteiger partial charge in [-0.25, -0.2) is 13.8 Å². The summed E-state index contributed by atoms with van der Waals surface area (Å²) >= 11 is 0. The van der Waals surface area contributed by atoms with Gasteiger partial charge in [-0.05, 0) is 6.92 Å². The van der Waals surface area contributed by atoms with Gasteiger partial charge in [-0.3, -0.25) is 9.89 Å². The van der Waals surface area contributed by atoms with Crippen LogP contribution in [0.4, 0.5) is 8.78 Å². The van der Waals surface area contributed by atoms with Crippen LogP contribution < -0.4 is 5.32 Å². The van der Waals surface area contributed by atoms with Crippen LogP contribution >= 0.6 is 0 Å². The molecule has 7 heteroatoms. The maximum absolute atomic E-state index is 12.0. The molecular weight excluding hydrogens is 182 g/mol. The Bertz CT molecular complexity index is 274. The first kappa shape index (κ1) is 9.56. The molecule has 72 valence electrons. The summed E-state index contributed by atoms with van der Waals surface area (Å²) in [5.41, 5.74) is 0. The minimum Gasteiger partial charge on any atom is -0.341 e. The van der Waals surface area contributed by atoms with Gasteiger partial charge >= 0.3 is 0 Å². The summed E-state index contributed by atoms with van der Waals surface area (Å²) in [6, 6.07) is -1.20. The lowest BCUT2D eigenvalue weighted by atomic mass is 10.3. The molecule has 0 aliphatic rings. The number of hydrogen-bond donors (Lipinski definition) is 2. The highest BCUT2D eigenvalue weighted by atomic mass is 19.3. The summed E-state index contributed by atoms with van der Waals surface area (Å²) in [5, 5.41) is 7.73. The number of nitrogens with one attached hydrogen (secondary N) is 2. The van der Waals surface area contributed by atoms with E-state index in [4.69, 9.17) is 0 Å². The number of rotatable bonds is 3. The van der Waals surface area contributed by atoms with E-state index in [-0.39, 0.29) is 5.82 Å². The van der Waals surface area contributed by atoms with Crippen molar-refractivity contribution in [2.24, 2.45) is 0 Å². The van der Waals surface area contributed by atoms with E-state index >= 15 is 0 Å². The molecule has 13 heavy (non-hydrogen) atoms. The van der Waals surface area contributed by atoms with Gasteiger partial charge in [0.15, 0.2) is 0 Å². The average molecular weight is 190 g/mol. The maximum atomic E-state index is 12.0. The van der Waals surface area contributed by atoms with Gasteiger partial charge in [0.1, 0.15) is 6.33 Å². The molecule has 5 nitrogen and oxygen atoms in total. The zero-order chi connectivity index (χ0) is 9.84. The van der Waals surface area contributed by atoms with Crippen molar-refractivity contribution in [2.75, 3.05) is 0 Å². The first-order valence-corrected chi connectivity index (χ1v) is 3.55. The molecule has 0 aliphatic heterocycles. The van der Waals surface area contributed by atoms with Crippen LogP contribution in [0.3, 0.4) is 0 Å². The van der Waals surface area contributed by atoms with E-state index < -0.39 is 18.4 Å². The Morgan fingerprint density at radius 2 is 2.38 bits per heavy atom. The third kappa shape index (κ3) is 2.46. The standard InChI is InChI=1S/C6H8F2N4O/c1-3(4(7)8)11-6(13)5-9-2-10-12-5/h2-4H,1H3,(H,11,13)(H,9,10,12). The van der Waals surface area contributed by atoms with Gasteiger partial charge in [-0.15, -0.1) is 0 Å². The van der Waals surface area contributed by atoms with Crippen LogP contribution in [-0.2, 0) is 0 Å². The van der Waals surface area contributed by atoms with E-state index in [1.54, 1.807) is 0 Å². The summed E-state index contributed by atoms with van der Waals surface area (Å²) in [6.45, 7) is 1.21. The zero-order valence-corrected chi connectivity index (χ0v) is 6.79. The molecule has 1 heterocycles. The predicted molar refractivity (Wildman–Crippen MR) is 39.3 cm³/mol. The van der Waals surface area contributed by atoms with Crippen LogP contribution in [0.5, 0.6) is 0 Å². The number of nitrogens with zero attached hydrogens (tertiary/aromatic N) is 2. The minimum atomic E-state index is -2.59. The van der Waals surface area contributed by atoms with Gasteiger partial charge in [0.2, 0.25) is 5.82 Å². The highest BCUT2D eigenvalue weighted by molar-refractivity contribution is 5.90. The SMILES string of the molecule is CC(NC(=O)c1ncn[nH]1)C(F)F. The van der Waals surface area contributed by atoms with Crippen molar-refractivity contribution in [1.29, 1.82) is 0 Å². The largest absolute Gasteiger partial charge is 0.341 e. The van der Waals surface area contributed by atoms with Crippen molar-refractivity contribution >= 4 is 5.91 Å². The van der Waals surface area contributed by atoms with Gasteiger partial charge < -0.3 is 5.32 Å². The normalized spacial score (nSPS) is 12.9. The van der Waals surface area contributed by atoms with Crippen LogP contribution in [0.25, 0.3) is 0 Å². The first-order chi connectivity index (χ1) is 6.11. The van der Waals surface area contributed by atoms with Crippen LogP contribution in [0, 0.1) is 0 Å². The molecule has 1 rings (SSSR count). The second kappa shape index (κ2) is 3.92. The molecule has 0 aromatic carbocycles. The van der Waals surface area contributed by atoms with E-state index in [1.165, 1.54) is 6.92 Å². The second-order valence-corrected chi connectivity index (χ2v) is 2.43. The summed E-state index contributed by atoms with van der Waals surface area (Å²) in [4.78, 5) is 14.5. The number of H-pyrrole nitrogens is 1. The van der Waals surface area contributed by atoms with E-state index in [0.29, 0.717) is 0 Å². The van der Waals surface area contributed by atoms with Crippen molar-refractivity contribution < 1.29 is 13.6 Å². The summed E-state index contributed by atoms with van der Waals surface area (Å²) in [7, 11) is 0. The smallest absolute Gasteiger partial charge is 0.289 e. The fraction of sp³-hybridized carbons (Fsp3) is 0.500. The fourth-order valence-corrected chi connectivity index (χ4v) is 0.653. The first-order valence-electron chi connectivity index (χ1n) is 3.55. The third-order valence-corrected chi connectivity index (χ3v) is 1.37. The number of hydrogen-bond acceptors (Lipinski definition) is 3. The number of carbonyl (C=O) groups is 1. The molecule has 0 saturated carbocycles. The monoisotopic (exact) mass is 190 g/mol. The summed E-state index contributed by atoms with van der Waals surface area (Å²) in [6.07, 6.45) is -1.46. The second-order valence-electron chi connectivity index (χ2n) is 2.43. The molecular formula is C6H8F2N4O. The molecule has 0 spiro atoms. The number of alkyl halides is 2. The lowest BCUT2D eigenvalue weighted by Crippen LogP contribution is -2.38. The highest BCUT2D eigenvalue weighted by Gasteiger charge is 2.18. The van der Waals surface area contributed by atoms with Crippen LogP contribution in [0.15, 0.2) is 6.33 Å². The Hall–Kier alpha value is -1.53. The van der Waals surface area contributed by atoms with Gasteiger partial charge in [0, 0.05) is 0 Å². The molecule has 2 N–H and O–H groups in total. The topological polar surface area (TPSA) is 70.7 Å². The zero-order valence-electron chi connectivity index (χ0n) is 6.79. The Kier molecular flexibility index (Phi) is 2.88. The minimum absolute atomic E-state index is 0.0764. The Balaban J connectivity index is 2.52. The van der Waals surface area contributed by atoms with Gasteiger partial charge in [-0.2, -0.15) is 5.10 Å². The van der Waals surface area contributed by atoms with Crippen molar-refractivity contribution in [3.05, 3.63) is 12.2 Å². The summed E-state index contributed by atoms with van der Waals surface area (Å²) < 4.78 is 23.9. The number of amides is 1. The lowest BCUT2D eigenvalue weighted by Gasteiger charge is -2.10. The molecule has 1 unspecified atom stereocenters. The van der Waals surface area contributed by atoms with E-state index in [0.717, 1.165) is 6.33 Å². The molecule has 1 atom stereocenters. The molecule has 1 aromatic rings. The Morgan fingerprint density at radius 1 is 1.69 bits per heavy atom. The van der Waals surface area contributed by atoms with Gasteiger partial charge in [0.05, 0.1) is 6.04 Å². The van der Waals surface area contributed by atoms with Gasteiger partial charge in [-0.1, -0.05) is 0 Å². The fourth-order valence-electron chi connectivity index (χ4n) is 0.653. The van der Waals surface area contributed by atoms with Crippen LogP contribution in [0.1, 0.15) is 17.5 Å². The predicted octanol–water partition coefficient (Wildman–Crippen LogP) is 0.188. The highest BCUT2D eigenvalue weighted by Crippen LogP contribution is 1.99. The van der Waals surface area contributed by atoms with Crippen LogP contribution in [-0.4, -0.2) is 33.6 Å². The number of aromatic amines is 1. The molecule has 0 saturated heterocycles. The third-order valence-electron chi connectivity index (χ3n) is 1.37. The molecule has 1 amide bonds. The van der Waals surface area contributed by atoms with E-state index in [1.807, 2.05) is 0 Å². The molecule has 0 bridgehead atoms. The number of halogens is 2. The molecule has 0 radical (unpaired) electrons. The lowest BCUT2D eigenvalue weighted by molar-refractivity contribution is 0.0772.